The molecule has 1 aromatic rings. The molecule has 1 aliphatic carbocycles. The molecule has 1 aliphatic rings. The fraction of sp³-hybridized carbons (Fsp3) is 0.647. The van der Waals surface area contributed by atoms with Crippen LogP contribution in [0.15, 0.2) is 24.3 Å². The average Bonchev–Trinajstić information content (AvgIpc) is 2.37. The fourth-order valence-corrected chi connectivity index (χ4v) is 4.18. The standard InChI is InChI=1S/C17H22ClF3/c1-11-7-8-14(15(18)9-11)16(2,3)12-5-4-6-13(10-12)17(19,20)21/h4-6,10-11,14-15H,7-9H2,1-3H3. The van der Waals surface area contributed by atoms with Gasteiger partial charge in [0.25, 0.3) is 0 Å². The van der Waals surface area contributed by atoms with Crippen molar-refractivity contribution in [2.24, 2.45) is 11.8 Å². The van der Waals surface area contributed by atoms with Crippen molar-refractivity contribution in [2.75, 3.05) is 0 Å². The summed E-state index contributed by atoms with van der Waals surface area (Å²) in [5.41, 5.74) is -0.209. The Morgan fingerprint density at radius 1 is 1.10 bits per heavy atom. The van der Waals surface area contributed by atoms with Crippen LogP contribution >= 0.6 is 11.6 Å². The molecular weight excluding hydrogens is 297 g/mol. The summed E-state index contributed by atoms with van der Waals surface area (Å²) in [6.07, 6.45) is -1.29. The monoisotopic (exact) mass is 318 g/mol. The van der Waals surface area contributed by atoms with E-state index in [0.717, 1.165) is 30.9 Å². The molecule has 3 atom stereocenters. The predicted molar refractivity (Wildman–Crippen MR) is 80.6 cm³/mol. The first-order valence-corrected chi connectivity index (χ1v) is 7.88. The van der Waals surface area contributed by atoms with E-state index in [-0.39, 0.29) is 16.7 Å². The van der Waals surface area contributed by atoms with E-state index in [1.165, 1.54) is 12.1 Å². The molecule has 0 N–H and O–H groups in total. The van der Waals surface area contributed by atoms with Crippen molar-refractivity contribution in [1.82, 2.24) is 0 Å². The lowest BCUT2D eigenvalue weighted by Crippen LogP contribution is -2.39. The lowest BCUT2D eigenvalue weighted by Gasteiger charge is -2.42. The van der Waals surface area contributed by atoms with E-state index in [4.69, 9.17) is 11.6 Å². The molecule has 0 bridgehead atoms. The second-order valence-corrected chi connectivity index (χ2v) is 7.40. The molecule has 0 heterocycles. The van der Waals surface area contributed by atoms with Gasteiger partial charge in [0.2, 0.25) is 0 Å². The summed E-state index contributed by atoms with van der Waals surface area (Å²) in [6.45, 7) is 6.21. The molecule has 0 aliphatic heterocycles. The van der Waals surface area contributed by atoms with E-state index in [2.05, 4.69) is 6.92 Å². The Bertz CT molecular complexity index is 493. The summed E-state index contributed by atoms with van der Waals surface area (Å²) in [4.78, 5) is 0. The molecule has 0 aromatic heterocycles. The van der Waals surface area contributed by atoms with Gasteiger partial charge in [0.05, 0.1) is 5.56 Å². The van der Waals surface area contributed by atoms with Crippen LogP contribution in [-0.4, -0.2) is 5.38 Å². The zero-order valence-corrected chi connectivity index (χ0v) is 13.4. The Kier molecular flexibility index (Phi) is 4.63. The van der Waals surface area contributed by atoms with E-state index < -0.39 is 11.7 Å². The third-order valence-electron chi connectivity index (χ3n) is 4.90. The van der Waals surface area contributed by atoms with Gasteiger partial charge in [0, 0.05) is 5.38 Å². The minimum atomic E-state index is -4.30. The summed E-state index contributed by atoms with van der Waals surface area (Å²) in [5, 5.41) is 0.0262. The number of hydrogen-bond acceptors (Lipinski definition) is 0. The molecule has 2 rings (SSSR count). The first-order valence-electron chi connectivity index (χ1n) is 7.44. The highest BCUT2D eigenvalue weighted by Crippen LogP contribution is 2.45. The maximum atomic E-state index is 12.9. The molecule has 118 valence electrons. The van der Waals surface area contributed by atoms with Crippen LogP contribution in [0, 0.1) is 11.8 Å². The second kappa shape index (κ2) is 5.83. The van der Waals surface area contributed by atoms with Crippen LogP contribution < -0.4 is 0 Å². The Morgan fingerprint density at radius 3 is 2.29 bits per heavy atom. The Hall–Kier alpha value is -0.700. The SMILES string of the molecule is CC1CCC(C(C)(C)c2cccc(C(F)(F)F)c2)C(Cl)C1. The van der Waals surface area contributed by atoms with Gasteiger partial charge in [-0.25, -0.2) is 0 Å². The Morgan fingerprint density at radius 2 is 1.71 bits per heavy atom. The van der Waals surface area contributed by atoms with E-state index in [1.54, 1.807) is 6.07 Å². The van der Waals surface area contributed by atoms with Crippen LogP contribution in [0.25, 0.3) is 0 Å². The predicted octanol–water partition coefficient (Wildman–Crippen LogP) is 6.03. The maximum absolute atomic E-state index is 12.9. The van der Waals surface area contributed by atoms with Crippen molar-refractivity contribution in [3.63, 3.8) is 0 Å². The molecule has 21 heavy (non-hydrogen) atoms. The molecule has 0 amide bonds. The number of halogens is 4. The van der Waals surface area contributed by atoms with Crippen molar-refractivity contribution in [3.8, 4) is 0 Å². The van der Waals surface area contributed by atoms with Crippen molar-refractivity contribution in [2.45, 2.75) is 57.0 Å². The zero-order valence-electron chi connectivity index (χ0n) is 12.7. The number of hydrogen-bond donors (Lipinski definition) is 0. The quantitative estimate of drug-likeness (QED) is 0.584. The third-order valence-corrected chi connectivity index (χ3v) is 5.38. The molecule has 0 nitrogen and oxygen atoms in total. The van der Waals surface area contributed by atoms with Gasteiger partial charge in [-0.2, -0.15) is 13.2 Å². The van der Waals surface area contributed by atoms with Gasteiger partial charge in [-0.1, -0.05) is 45.4 Å². The summed E-state index contributed by atoms with van der Waals surface area (Å²) in [7, 11) is 0. The van der Waals surface area contributed by atoms with Gasteiger partial charge in [-0.05, 0) is 41.7 Å². The van der Waals surface area contributed by atoms with Gasteiger partial charge in [-0.15, -0.1) is 11.6 Å². The van der Waals surface area contributed by atoms with Gasteiger partial charge in [0.15, 0.2) is 0 Å². The van der Waals surface area contributed by atoms with Crippen LogP contribution in [0.2, 0.25) is 0 Å². The van der Waals surface area contributed by atoms with Gasteiger partial charge < -0.3 is 0 Å². The highest BCUT2D eigenvalue weighted by Gasteiger charge is 2.40. The number of rotatable bonds is 2. The molecule has 4 heteroatoms. The van der Waals surface area contributed by atoms with Crippen molar-refractivity contribution < 1.29 is 13.2 Å². The minimum Gasteiger partial charge on any atom is -0.166 e. The fourth-order valence-electron chi connectivity index (χ4n) is 3.43. The van der Waals surface area contributed by atoms with Crippen molar-refractivity contribution >= 4 is 11.6 Å². The van der Waals surface area contributed by atoms with E-state index in [1.807, 2.05) is 13.8 Å². The van der Waals surface area contributed by atoms with Crippen LogP contribution in [0.4, 0.5) is 13.2 Å². The van der Waals surface area contributed by atoms with Gasteiger partial charge >= 0.3 is 6.18 Å². The molecule has 0 spiro atoms. The molecule has 3 unspecified atom stereocenters. The highest BCUT2D eigenvalue weighted by atomic mass is 35.5. The Labute approximate surface area is 129 Å². The van der Waals surface area contributed by atoms with Crippen molar-refractivity contribution in [1.29, 1.82) is 0 Å². The third kappa shape index (κ3) is 3.56. The molecule has 1 aromatic carbocycles. The highest BCUT2D eigenvalue weighted by molar-refractivity contribution is 6.20. The number of alkyl halides is 4. The summed E-state index contributed by atoms with van der Waals surface area (Å²) in [5.74, 6) is 0.805. The number of benzene rings is 1. The first kappa shape index (κ1) is 16.7. The van der Waals surface area contributed by atoms with Crippen LogP contribution in [0.5, 0.6) is 0 Å². The maximum Gasteiger partial charge on any atom is 0.416 e. The minimum absolute atomic E-state index is 0.0262. The van der Waals surface area contributed by atoms with Crippen LogP contribution in [0.3, 0.4) is 0 Å². The Balaban J connectivity index is 2.31. The summed E-state index contributed by atoms with van der Waals surface area (Å²) >= 11 is 6.52. The zero-order chi connectivity index (χ0) is 15.8. The normalized spacial score (nSPS) is 27.7. The van der Waals surface area contributed by atoms with E-state index in [0.29, 0.717) is 5.92 Å². The van der Waals surface area contributed by atoms with Gasteiger partial charge in [-0.3, -0.25) is 0 Å². The largest absolute Gasteiger partial charge is 0.416 e. The summed E-state index contributed by atoms with van der Waals surface area (Å²) < 4.78 is 38.7. The lowest BCUT2D eigenvalue weighted by atomic mass is 9.65. The molecular formula is C17H22ClF3. The second-order valence-electron chi connectivity index (χ2n) is 6.84. The van der Waals surface area contributed by atoms with Crippen molar-refractivity contribution in [3.05, 3.63) is 35.4 Å². The van der Waals surface area contributed by atoms with E-state index in [9.17, 15) is 13.2 Å². The topological polar surface area (TPSA) is 0 Å². The average molecular weight is 319 g/mol. The van der Waals surface area contributed by atoms with Gasteiger partial charge in [0.1, 0.15) is 0 Å². The lowest BCUT2D eigenvalue weighted by molar-refractivity contribution is -0.137. The molecule has 1 fully saturated rings. The molecule has 1 saturated carbocycles. The smallest absolute Gasteiger partial charge is 0.166 e. The van der Waals surface area contributed by atoms with E-state index >= 15 is 0 Å². The molecule has 0 radical (unpaired) electrons. The van der Waals surface area contributed by atoms with Crippen LogP contribution in [-0.2, 0) is 11.6 Å². The first-order chi connectivity index (χ1) is 9.62. The summed E-state index contributed by atoms with van der Waals surface area (Å²) in [6, 6.07) is 5.69. The van der Waals surface area contributed by atoms with Crippen LogP contribution in [0.1, 0.15) is 51.2 Å². The molecule has 0 saturated heterocycles.